The predicted octanol–water partition coefficient (Wildman–Crippen LogP) is 2.51. The van der Waals surface area contributed by atoms with E-state index >= 15 is 0 Å². The van der Waals surface area contributed by atoms with Crippen LogP contribution in [0.25, 0.3) is 0 Å². The summed E-state index contributed by atoms with van der Waals surface area (Å²) in [6.07, 6.45) is 5.41. The maximum Gasteiger partial charge on any atom is 0.241 e. The zero-order valence-corrected chi connectivity index (χ0v) is 12.2. The first-order valence-electron chi connectivity index (χ1n) is 4.35. The molecule has 1 N–H and O–H groups in total. The average molecular weight is 367 g/mol. The van der Waals surface area contributed by atoms with Gasteiger partial charge in [-0.2, -0.15) is 0 Å². The molecule has 0 spiro atoms. The lowest BCUT2D eigenvalue weighted by molar-refractivity contribution is 0.582. The molecular weight excluding hydrogens is 358 g/mol. The molecule has 86 valence electrons. The van der Waals surface area contributed by atoms with Crippen molar-refractivity contribution in [1.82, 2.24) is 4.72 Å². The quantitative estimate of drug-likeness (QED) is 0.657. The largest absolute Gasteiger partial charge is 0.241 e. The van der Waals surface area contributed by atoms with Crippen molar-refractivity contribution in [3.8, 4) is 12.3 Å². The Morgan fingerprint density at radius 3 is 2.62 bits per heavy atom. The molecule has 0 aliphatic heterocycles. The van der Waals surface area contributed by atoms with Gasteiger partial charge in [-0.3, -0.25) is 0 Å². The van der Waals surface area contributed by atoms with Gasteiger partial charge in [0.2, 0.25) is 10.0 Å². The number of rotatable bonds is 4. The highest BCUT2D eigenvalue weighted by Crippen LogP contribution is 2.25. The third-order valence-corrected chi connectivity index (χ3v) is 4.68. The molecule has 3 nitrogen and oxygen atoms in total. The lowest BCUT2D eigenvalue weighted by Crippen LogP contribution is -2.24. The normalized spacial score (nSPS) is 11.1. The van der Waals surface area contributed by atoms with Crippen molar-refractivity contribution in [2.24, 2.45) is 0 Å². The van der Waals surface area contributed by atoms with Crippen molar-refractivity contribution in [3.05, 3.63) is 27.1 Å². The number of nitrogens with one attached hydrogen (secondary N) is 1. The third-order valence-electron chi connectivity index (χ3n) is 1.74. The van der Waals surface area contributed by atoms with Gasteiger partial charge >= 0.3 is 0 Å². The summed E-state index contributed by atoms with van der Waals surface area (Å²) in [5, 5.41) is 0. The molecule has 1 rings (SSSR count). The first kappa shape index (κ1) is 13.7. The molecule has 1 aromatic carbocycles. The minimum atomic E-state index is -3.49. The second kappa shape index (κ2) is 5.82. The van der Waals surface area contributed by atoms with Crippen LogP contribution < -0.4 is 4.72 Å². The number of halogens is 2. The molecule has 0 heterocycles. The predicted molar refractivity (Wildman–Crippen MR) is 70.5 cm³/mol. The van der Waals surface area contributed by atoms with Crippen LogP contribution in [0.4, 0.5) is 0 Å². The van der Waals surface area contributed by atoms with Crippen LogP contribution >= 0.6 is 31.9 Å². The van der Waals surface area contributed by atoms with Gasteiger partial charge in [-0.05, 0) is 34.1 Å². The first-order chi connectivity index (χ1) is 7.47. The van der Waals surface area contributed by atoms with Gasteiger partial charge < -0.3 is 0 Å². The molecule has 0 atom stereocenters. The standard InChI is InChI=1S/C10H9Br2NO2S/c1-2-3-6-13-16(14,15)10-5-4-8(11)7-9(10)12/h1,4-5,7,13H,3,6H2. The molecule has 0 amide bonds. The zero-order chi connectivity index (χ0) is 12.2. The average Bonchev–Trinajstić information content (AvgIpc) is 2.17. The summed E-state index contributed by atoms with van der Waals surface area (Å²) in [6, 6.07) is 4.86. The van der Waals surface area contributed by atoms with E-state index in [1.54, 1.807) is 12.1 Å². The third kappa shape index (κ3) is 3.59. The van der Waals surface area contributed by atoms with Crippen LogP contribution in [0, 0.1) is 12.3 Å². The Balaban J connectivity index is 2.95. The van der Waals surface area contributed by atoms with E-state index in [0.29, 0.717) is 10.9 Å². The van der Waals surface area contributed by atoms with Gasteiger partial charge in [0.1, 0.15) is 0 Å². The van der Waals surface area contributed by atoms with E-state index in [1.807, 2.05) is 0 Å². The van der Waals surface area contributed by atoms with E-state index in [0.717, 1.165) is 4.47 Å². The Hall–Kier alpha value is -0.350. The Morgan fingerprint density at radius 1 is 1.38 bits per heavy atom. The number of hydrogen-bond donors (Lipinski definition) is 1. The van der Waals surface area contributed by atoms with Crippen LogP contribution in [-0.2, 0) is 10.0 Å². The van der Waals surface area contributed by atoms with Gasteiger partial charge in [-0.25, -0.2) is 13.1 Å². The molecule has 16 heavy (non-hydrogen) atoms. The van der Waals surface area contributed by atoms with Crippen molar-refractivity contribution < 1.29 is 8.42 Å². The maximum atomic E-state index is 11.8. The zero-order valence-electron chi connectivity index (χ0n) is 8.20. The molecule has 0 fully saturated rings. The Morgan fingerprint density at radius 2 is 2.06 bits per heavy atom. The minimum Gasteiger partial charge on any atom is -0.210 e. The lowest BCUT2D eigenvalue weighted by Gasteiger charge is -2.07. The van der Waals surface area contributed by atoms with Crippen LogP contribution in [0.2, 0.25) is 0 Å². The highest BCUT2D eigenvalue weighted by Gasteiger charge is 2.16. The summed E-state index contributed by atoms with van der Waals surface area (Å²) in [6.45, 7) is 0.237. The van der Waals surface area contributed by atoms with Crippen molar-refractivity contribution >= 4 is 41.9 Å². The lowest BCUT2D eigenvalue weighted by atomic mass is 10.4. The monoisotopic (exact) mass is 365 g/mol. The smallest absolute Gasteiger partial charge is 0.210 e. The van der Waals surface area contributed by atoms with Gasteiger partial charge in [0.25, 0.3) is 0 Å². The van der Waals surface area contributed by atoms with Crippen molar-refractivity contribution in [2.75, 3.05) is 6.54 Å². The SMILES string of the molecule is C#CCCNS(=O)(=O)c1ccc(Br)cc1Br. The van der Waals surface area contributed by atoms with Gasteiger partial charge in [-0.1, -0.05) is 15.9 Å². The highest BCUT2D eigenvalue weighted by atomic mass is 79.9. The Labute approximate surface area is 112 Å². The van der Waals surface area contributed by atoms with Crippen LogP contribution in [0.3, 0.4) is 0 Å². The summed E-state index contributed by atoms with van der Waals surface area (Å²) < 4.78 is 27.4. The Bertz CT molecular complexity index is 520. The van der Waals surface area contributed by atoms with E-state index < -0.39 is 10.0 Å². The van der Waals surface area contributed by atoms with Crippen LogP contribution in [0.5, 0.6) is 0 Å². The fourth-order valence-electron chi connectivity index (χ4n) is 1.03. The second-order valence-corrected chi connectivity index (χ2v) is 6.43. The fourth-order valence-corrected chi connectivity index (χ4v) is 3.80. The molecule has 0 bridgehead atoms. The van der Waals surface area contributed by atoms with E-state index in [1.165, 1.54) is 6.07 Å². The van der Waals surface area contributed by atoms with E-state index in [9.17, 15) is 8.42 Å². The molecule has 1 aromatic rings. The molecular formula is C10H9Br2NO2S. The minimum absolute atomic E-state index is 0.202. The van der Waals surface area contributed by atoms with Crippen molar-refractivity contribution in [2.45, 2.75) is 11.3 Å². The molecule has 0 aromatic heterocycles. The second-order valence-electron chi connectivity index (χ2n) is 2.93. The number of hydrogen-bond acceptors (Lipinski definition) is 2. The molecule has 0 unspecified atom stereocenters. The molecule has 0 saturated carbocycles. The van der Waals surface area contributed by atoms with E-state index in [4.69, 9.17) is 6.42 Å². The van der Waals surface area contributed by atoms with Gasteiger partial charge in [0.05, 0.1) is 4.90 Å². The number of benzene rings is 1. The van der Waals surface area contributed by atoms with E-state index in [-0.39, 0.29) is 11.4 Å². The van der Waals surface area contributed by atoms with Crippen LogP contribution in [-0.4, -0.2) is 15.0 Å². The van der Waals surface area contributed by atoms with Gasteiger partial charge in [0.15, 0.2) is 0 Å². The fraction of sp³-hybridized carbons (Fsp3) is 0.200. The summed E-state index contributed by atoms with van der Waals surface area (Å²) in [4.78, 5) is 0.202. The molecule has 0 aliphatic carbocycles. The van der Waals surface area contributed by atoms with E-state index in [2.05, 4.69) is 42.5 Å². The van der Waals surface area contributed by atoms with Gasteiger partial charge in [0, 0.05) is 21.9 Å². The molecule has 0 aliphatic rings. The summed E-state index contributed by atoms with van der Waals surface area (Å²) in [5.41, 5.74) is 0. The van der Waals surface area contributed by atoms with Crippen LogP contribution in [0.1, 0.15) is 6.42 Å². The van der Waals surface area contributed by atoms with Gasteiger partial charge in [-0.15, -0.1) is 12.3 Å². The van der Waals surface area contributed by atoms with Crippen molar-refractivity contribution in [3.63, 3.8) is 0 Å². The maximum absolute atomic E-state index is 11.8. The van der Waals surface area contributed by atoms with Crippen LogP contribution in [0.15, 0.2) is 32.0 Å². The number of terminal acetylenes is 1. The summed E-state index contributed by atoms with van der Waals surface area (Å²) >= 11 is 6.46. The summed E-state index contributed by atoms with van der Waals surface area (Å²) in [7, 11) is -3.49. The topological polar surface area (TPSA) is 46.2 Å². The Kier molecular flexibility index (Phi) is 4.99. The highest BCUT2D eigenvalue weighted by molar-refractivity contribution is 9.11. The molecule has 0 radical (unpaired) electrons. The molecule has 0 saturated heterocycles. The summed E-state index contributed by atoms with van der Waals surface area (Å²) in [5.74, 6) is 2.37. The van der Waals surface area contributed by atoms with Crippen molar-refractivity contribution in [1.29, 1.82) is 0 Å². The molecule has 6 heteroatoms. The first-order valence-corrected chi connectivity index (χ1v) is 7.42. The number of sulfonamides is 1.